The molecular formula is C16H21BrO4. The van der Waals surface area contributed by atoms with Crippen LogP contribution in [0.25, 0.3) is 0 Å². The first-order valence-corrected chi connectivity index (χ1v) is 8.35. The van der Waals surface area contributed by atoms with Crippen LogP contribution < -0.4 is 4.74 Å². The second-order valence-corrected chi connectivity index (χ2v) is 5.84. The highest BCUT2D eigenvalue weighted by atomic mass is 79.9. The van der Waals surface area contributed by atoms with Crippen molar-refractivity contribution in [2.75, 3.05) is 31.8 Å². The van der Waals surface area contributed by atoms with Gasteiger partial charge in [0.2, 0.25) is 0 Å². The van der Waals surface area contributed by atoms with Gasteiger partial charge in [-0.15, -0.1) is 0 Å². The van der Waals surface area contributed by atoms with E-state index in [4.69, 9.17) is 14.2 Å². The van der Waals surface area contributed by atoms with Gasteiger partial charge in [0, 0.05) is 24.0 Å². The van der Waals surface area contributed by atoms with Gasteiger partial charge < -0.3 is 14.2 Å². The molecule has 0 unspecified atom stereocenters. The molecule has 0 radical (unpaired) electrons. The van der Waals surface area contributed by atoms with E-state index in [9.17, 15) is 4.79 Å². The standard InChI is InChI=1S/C16H21BrO4/c1-2-20-15(18)13-3-5-14(6-4-13)21-12-16(11-17)7-9-19-10-8-16/h3-6H,2,7-12H2,1H3. The minimum Gasteiger partial charge on any atom is -0.493 e. The Labute approximate surface area is 133 Å². The van der Waals surface area contributed by atoms with Crippen molar-refractivity contribution in [3.05, 3.63) is 29.8 Å². The van der Waals surface area contributed by atoms with Gasteiger partial charge >= 0.3 is 5.97 Å². The van der Waals surface area contributed by atoms with Gasteiger partial charge in [0.1, 0.15) is 5.75 Å². The Morgan fingerprint density at radius 1 is 1.29 bits per heavy atom. The topological polar surface area (TPSA) is 44.8 Å². The number of carbonyl (C=O) groups is 1. The number of benzene rings is 1. The van der Waals surface area contributed by atoms with Crippen LogP contribution in [0.1, 0.15) is 30.1 Å². The second kappa shape index (κ2) is 7.80. The number of hydrogen-bond acceptors (Lipinski definition) is 4. The van der Waals surface area contributed by atoms with Gasteiger partial charge in [-0.1, -0.05) is 15.9 Å². The molecule has 21 heavy (non-hydrogen) atoms. The Kier molecular flexibility index (Phi) is 6.06. The first-order valence-electron chi connectivity index (χ1n) is 7.23. The summed E-state index contributed by atoms with van der Waals surface area (Å²) in [7, 11) is 0. The minimum atomic E-state index is -0.301. The summed E-state index contributed by atoms with van der Waals surface area (Å²) in [6.07, 6.45) is 2.00. The summed E-state index contributed by atoms with van der Waals surface area (Å²) < 4.78 is 16.3. The minimum absolute atomic E-state index is 0.137. The first kappa shape index (κ1) is 16.3. The molecule has 0 amide bonds. The van der Waals surface area contributed by atoms with Crippen molar-refractivity contribution in [3.8, 4) is 5.75 Å². The van der Waals surface area contributed by atoms with Crippen LogP contribution in [0.4, 0.5) is 0 Å². The third kappa shape index (κ3) is 4.45. The molecular weight excluding hydrogens is 336 g/mol. The molecule has 0 spiro atoms. The zero-order valence-electron chi connectivity index (χ0n) is 12.3. The monoisotopic (exact) mass is 356 g/mol. The van der Waals surface area contributed by atoms with Gasteiger partial charge in [-0.3, -0.25) is 0 Å². The van der Waals surface area contributed by atoms with Crippen LogP contribution in [0.5, 0.6) is 5.75 Å². The third-order valence-corrected chi connectivity index (χ3v) is 4.94. The second-order valence-electron chi connectivity index (χ2n) is 5.28. The molecule has 1 heterocycles. The molecule has 1 aromatic carbocycles. The summed E-state index contributed by atoms with van der Waals surface area (Å²) in [5, 5.41) is 0.907. The van der Waals surface area contributed by atoms with E-state index in [0.29, 0.717) is 18.8 Å². The number of esters is 1. The number of rotatable bonds is 6. The van der Waals surface area contributed by atoms with Gasteiger partial charge in [-0.2, -0.15) is 0 Å². The molecule has 0 saturated carbocycles. The highest BCUT2D eigenvalue weighted by Crippen LogP contribution is 2.33. The summed E-state index contributed by atoms with van der Waals surface area (Å²) in [6, 6.07) is 7.09. The van der Waals surface area contributed by atoms with Crippen LogP contribution in [0.3, 0.4) is 0 Å². The number of alkyl halides is 1. The highest BCUT2D eigenvalue weighted by molar-refractivity contribution is 9.09. The summed E-state index contributed by atoms with van der Waals surface area (Å²) in [5.74, 6) is 0.472. The van der Waals surface area contributed by atoms with Gasteiger partial charge in [0.25, 0.3) is 0 Å². The molecule has 2 rings (SSSR count). The maximum Gasteiger partial charge on any atom is 0.338 e. The largest absolute Gasteiger partial charge is 0.493 e. The summed E-state index contributed by atoms with van der Waals surface area (Å²) in [5.41, 5.74) is 0.684. The van der Waals surface area contributed by atoms with E-state index in [2.05, 4.69) is 15.9 Å². The van der Waals surface area contributed by atoms with Crippen molar-refractivity contribution in [1.29, 1.82) is 0 Å². The van der Waals surface area contributed by atoms with Crippen molar-refractivity contribution in [3.63, 3.8) is 0 Å². The lowest BCUT2D eigenvalue weighted by Gasteiger charge is -2.35. The molecule has 116 valence electrons. The average molecular weight is 357 g/mol. The number of ether oxygens (including phenoxy) is 3. The summed E-state index contributed by atoms with van der Waals surface area (Å²) in [6.45, 7) is 4.41. The highest BCUT2D eigenvalue weighted by Gasteiger charge is 2.32. The number of halogens is 1. The molecule has 4 nitrogen and oxygen atoms in total. The first-order chi connectivity index (χ1) is 10.2. The molecule has 1 aliphatic heterocycles. The maximum atomic E-state index is 11.6. The Morgan fingerprint density at radius 3 is 2.52 bits per heavy atom. The van der Waals surface area contributed by atoms with Crippen LogP contribution in [0, 0.1) is 5.41 Å². The number of hydrogen-bond donors (Lipinski definition) is 0. The fourth-order valence-corrected chi connectivity index (χ4v) is 2.98. The molecule has 5 heteroatoms. The summed E-state index contributed by atoms with van der Waals surface area (Å²) >= 11 is 3.59. The van der Waals surface area contributed by atoms with Gasteiger partial charge in [0.15, 0.2) is 0 Å². The van der Waals surface area contributed by atoms with E-state index >= 15 is 0 Å². The SMILES string of the molecule is CCOC(=O)c1ccc(OCC2(CBr)CCOCC2)cc1. The Hall–Kier alpha value is -1.07. The fraction of sp³-hybridized carbons (Fsp3) is 0.562. The Morgan fingerprint density at radius 2 is 1.95 bits per heavy atom. The predicted octanol–water partition coefficient (Wildman–Crippen LogP) is 3.43. The molecule has 1 saturated heterocycles. The van der Waals surface area contributed by atoms with Gasteiger partial charge in [-0.25, -0.2) is 4.79 Å². The van der Waals surface area contributed by atoms with E-state index in [1.807, 2.05) is 12.1 Å². The smallest absolute Gasteiger partial charge is 0.338 e. The lowest BCUT2D eigenvalue weighted by atomic mass is 9.83. The van der Waals surface area contributed by atoms with Crippen LogP contribution in [-0.4, -0.2) is 37.7 Å². The van der Waals surface area contributed by atoms with Crippen LogP contribution in [0.15, 0.2) is 24.3 Å². The molecule has 1 aromatic rings. The quantitative estimate of drug-likeness (QED) is 0.578. The summed E-state index contributed by atoms with van der Waals surface area (Å²) in [4.78, 5) is 11.6. The fourth-order valence-electron chi connectivity index (χ4n) is 2.26. The van der Waals surface area contributed by atoms with Crippen molar-refractivity contribution >= 4 is 21.9 Å². The van der Waals surface area contributed by atoms with E-state index in [0.717, 1.165) is 37.1 Å². The third-order valence-electron chi connectivity index (χ3n) is 3.75. The van der Waals surface area contributed by atoms with E-state index < -0.39 is 0 Å². The average Bonchev–Trinajstić information content (AvgIpc) is 2.54. The zero-order valence-corrected chi connectivity index (χ0v) is 13.9. The number of carbonyl (C=O) groups excluding carboxylic acids is 1. The van der Waals surface area contributed by atoms with E-state index in [1.165, 1.54) is 0 Å². The lowest BCUT2D eigenvalue weighted by molar-refractivity contribution is 0.00353. The van der Waals surface area contributed by atoms with Crippen LogP contribution in [-0.2, 0) is 9.47 Å². The van der Waals surface area contributed by atoms with Crippen molar-refractivity contribution < 1.29 is 19.0 Å². The molecule has 0 atom stereocenters. The molecule has 0 bridgehead atoms. The van der Waals surface area contributed by atoms with E-state index in [1.54, 1.807) is 19.1 Å². The van der Waals surface area contributed by atoms with Crippen LogP contribution >= 0.6 is 15.9 Å². The van der Waals surface area contributed by atoms with Crippen molar-refractivity contribution in [2.24, 2.45) is 5.41 Å². The predicted molar refractivity (Wildman–Crippen MR) is 84.2 cm³/mol. The lowest BCUT2D eigenvalue weighted by Crippen LogP contribution is -2.36. The Balaban J connectivity index is 1.92. The van der Waals surface area contributed by atoms with Gasteiger partial charge in [0.05, 0.1) is 18.8 Å². The van der Waals surface area contributed by atoms with Gasteiger partial charge in [-0.05, 0) is 44.0 Å². The molecule has 0 N–H and O–H groups in total. The zero-order chi connectivity index (χ0) is 15.1. The normalized spacial score (nSPS) is 17.2. The molecule has 1 aliphatic rings. The molecule has 1 fully saturated rings. The Bertz CT molecular complexity index is 452. The van der Waals surface area contributed by atoms with Crippen molar-refractivity contribution in [2.45, 2.75) is 19.8 Å². The van der Waals surface area contributed by atoms with Crippen molar-refractivity contribution in [1.82, 2.24) is 0 Å². The molecule has 0 aliphatic carbocycles. The molecule has 0 aromatic heterocycles. The maximum absolute atomic E-state index is 11.6. The van der Waals surface area contributed by atoms with Crippen LogP contribution in [0.2, 0.25) is 0 Å². The van der Waals surface area contributed by atoms with E-state index in [-0.39, 0.29) is 11.4 Å².